The van der Waals surface area contributed by atoms with Gasteiger partial charge >= 0.3 is 23.9 Å². The number of hydrogen-bond acceptors (Lipinski definition) is 11. The van der Waals surface area contributed by atoms with Crippen LogP contribution in [-0.2, 0) is 52.1 Å². The summed E-state index contributed by atoms with van der Waals surface area (Å²) in [4.78, 5) is 64.8. The van der Waals surface area contributed by atoms with Crippen LogP contribution >= 0.6 is 0 Å². The zero-order chi connectivity index (χ0) is 26.9. The molecule has 0 saturated carbocycles. The molecule has 0 aromatic heterocycles. The second-order valence-electron chi connectivity index (χ2n) is 10.4. The highest BCUT2D eigenvalue weighted by Crippen LogP contribution is 2.53. The number of carbonyl (C=O) groups excluding carboxylic acids is 5. The molecule has 0 unspecified atom stereocenters. The number of ether oxygens (including phenoxy) is 5. The van der Waals surface area contributed by atoms with E-state index in [4.69, 9.17) is 28.1 Å². The second-order valence-corrected chi connectivity index (χ2v) is 15.2. The summed E-state index contributed by atoms with van der Waals surface area (Å²) in [5.74, 6) is -9.61. The van der Waals surface area contributed by atoms with Crippen molar-refractivity contribution in [2.75, 3.05) is 35.0 Å². The van der Waals surface area contributed by atoms with Crippen LogP contribution in [0.3, 0.4) is 0 Å². The highest BCUT2D eigenvalue weighted by molar-refractivity contribution is 6.74. The van der Waals surface area contributed by atoms with Crippen molar-refractivity contribution in [1.82, 2.24) is 0 Å². The van der Waals surface area contributed by atoms with Gasteiger partial charge < -0.3 is 28.1 Å². The molecule has 0 aromatic carbocycles. The number of ketones is 1. The van der Waals surface area contributed by atoms with Crippen LogP contribution in [-0.4, -0.2) is 84.7 Å². The van der Waals surface area contributed by atoms with Crippen LogP contribution in [0.15, 0.2) is 0 Å². The lowest BCUT2D eigenvalue weighted by atomic mass is 9.78. The maximum absolute atomic E-state index is 13.7. The van der Waals surface area contributed by atoms with E-state index in [2.05, 4.69) is 0 Å². The first-order valence-corrected chi connectivity index (χ1v) is 14.2. The average molecular weight is 517 g/mol. The van der Waals surface area contributed by atoms with Gasteiger partial charge in [-0.25, -0.2) is 0 Å². The van der Waals surface area contributed by atoms with Crippen molar-refractivity contribution < 1.29 is 52.1 Å². The maximum atomic E-state index is 13.7. The molecule has 5 atom stereocenters. The van der Waals surface area contributed by atoms with E-state index in [0.717, 1.165) is 28.4 Å². The Morgan fingerprint density at radius 1 is 0.971 bits per heavy atom. The van der Waals surface area contributed by atoms with Crippen LogP contribution in [0, 0.1) is 23.7 Å². The number of hydrogen-bond donors (Lipinski definition) is 0. The Bertz CT molecular complexity index is 861. The molecule has 12 heteroatoms. The topological polar surface area (TPSA) is 141 Å². The van der Waals surface area contributed by atoms with Crippen LogP contribution in [0.25, 0.3) is 0 Å². The van der Waals surface area contributed by atoms with E-state index in [9.17, 15) is 24.0 Å². The fourth-order valence-corrected chi connectivity index (χ4v) is 5.56. The van der Waals surface area contributed by atoms with Gasteiger partial charge in [-0.05, 0) is 18.1 Å². The summed E-state index contributed by atoms with van der Waals surface area (Å²) < 4.78 is 31.9. The highest BCUT2D eigenvalue weighted by atomic mass is 28.4. The van der Waals surface area contributed by atoms with Crippen LogP contribution in [0.5, 0.6) is 0 Å². The molecule has 2 fully saturated rings. The minimum atomic E-state index is -2.43. The fraction of sp³-hybridized carbons (Fsp3) is 0.783. The van der Waals surface area contributed by atoms with Crippen molar-refractivity contribution in [3.8, 4) is 0 Å². The molecule has 0 N–H and O–H groups in total. The molecule has 35 heavy (non-hydrogen) atoms. The first-order chi connectivity index (χ1) is 16.1. The standard InChI is InChI=1S/C23H36O11Si/c1-22(2,3)35(8,9)33-11-23-13(24)10-12(14(18(25)29-4)19(26)30-5)17(34-23)15(20(27)31-6)16(23)21(28)32-7/h12,14-17H,10-11H2,1-9H3/t12-,15-,16+,17+,23-/m1/s1. The van der Waals surface area contributed by atoms with Crippen molar-refractivity contribution in [1.29, 1.82) is 0 Å². The van der Waals surface area contributed by atoms with Gasteiger partial charge in [0.25, 0.3) is 0 Å². The summed E-state index contributed by atoms with van der Waals surface area (Å²) in [6, 6.07) is 0. The summed E-state index contributed by atoms with van der Waals surface area (Å²) >= 11 is 0. The number of Topliss-reactive ketones (excluding diaryl/α,β-unsaturated/α-hetero) is 1. The smallest absolute Gasteiger partial charge is 0.320 e. The number of esters is 4. The quantitative estimate of drug-likeness (QED) is 0.199. The predicted molar refractivity (Wildman–Crippen MR) is 122 cm³/mol. The van der Waals surface area contributed by atoms with Gasteiger partial charge in [0, 0.05) is 12.3 Å². The van der Waals surface area contributed by atoms with Crippen molar-refractivity contribution in [3.05, 3.63) is 0 Å². The van der Waals surface area contributed by atoms with Crippen molar-refractivity contribution in [2.24, 2.45) is 23.7 Å². The number of carbonyl (C=O) groups is 5. The Morgan fingerprint density at radius 2 is 1.49 bits per heavy atom. The molecule has 2 aliphatic heterocycles. The third kappa shape index (κ3) is 5.01. The molecule has 0 amide bonds. The molecule has 2 rings (SSSR count). The molecular formula is C23H36O11Si. The molecule has 2 bridgehead atoms. The molecule has 198 valence electrons. The van der Waals surface area contributed by atoms with Crippen LogP contribution in [0.2, 0.25) is 18.1 Å². The summed E-state index contributed by atoms with van der Waals surface area (Å²) in [6.07, 6.45) is -1.56. The lowest BCUT2D eigenvalue weighted by molar-refractivity contribution is -0.186. The van der Waals surface area contributed by atoms with Crippen LogP contribution < -0.4 is 0 Å². The Labute approximate surface area is 206 Å². The van der Waals surface area contributed by atoms with Crippen molar-refractivity contribution >= 4 is 38.0 Å². The van der Waals surface area contributed by atoms with Gasteiger partial charge in [-0.15, -0.1) is 0 Å². The molecule has 11 nitrogen and oxygen atoms in total. The number of fused-ring (bicyclic) bond motifs is 2. The van der Waals surface area contributed by atoms with E-state index in [0.29, 0.717) is 0 Å². The van der Waals surface area contributed by atoms with Crippen LogP contribution in [0.1, 0.15) is 27.2 Å². The Kier molecular flexibility index (Phi) is 8.55. The van der Waals surface area contributed by atoms with E-state index < -0.39 is 73.4 Å². The average Bonchev–Trinajstić information content (AvgIpc) is 3.11. The van der Waals surface area contributed by atoms with Gasteiger partial charge in [-0.1, -0.05) is 20.8 Å². The first-order valence-electron chi connectivity index (χ1n) is 11.3. The van der Waals surface area contributed by atoms with E-state index in [-0.39, 0.29) is 18.1 Å². The molecule has 2 heterocycles. The van der Waals surface area contributed by atoms with Gasteiger partial charge in [0.1, 0.15) is 11.8 Å². The van der Waals surface area contributed by atoms with E-state index in [1.807, 2.05) is 33.9 Å². The van der Waals surface area contributed by atoms with E-state index >= 15 is 0 Å². The minimum Gasteiger partial charge on any atom is -0.469 e. The third-order valence-corrected chi connectivity index (χ3v) is 12.1. The Morgan fingerprint density at radius 3 is 1.91 bits per heavy atom. The van der Waals surface area contributed by atoms with Gasteiger partial charge in [-0.2, -0.15) is 0 Å². The zero-order valence-electron chi connectivity index (χ0n) is 21.8. The minimum absolute atomic E-state index is 0.217. The van der Waals surface area contributed by atoms with E-state index in [1.165, 1.54) is 0 Å². The van der Waals surface area contributed by atoms with Gasteiger partial charge in [0.05, 0.1) is 41.2 Å². The number of rotatable bonds is 8. The molecule has 0 aromatic rings. The van der Waals surface area contributed by atoms with E-state index in [1.54, 1.807) is 0 Å². The molecule has 2 aliphatic rings. The van der Waals surface area contributed by atoms with Crippen LogP contribution in [0.4, 0.5) is 0 Å². The maximum Gasteiger partial charge on any atom is 0.320 e. The third-order valence-electron chi connectivity index (χ3n) is 7.60. The highest BCUT2D eigenvalue weighted by Gasteiger charge is 2.71. The van der Waals surface area contributed by atoms with Crippen molar-refractivity contribution in [3.63, 3.8) is 0 Å². The monoisotopic (exact) mass is 516 g/mol. The van der Waals surface area contributed by atoms with Crippen molar-refractivity contribution in [2.45, 2.75) is 57.0 Å². The summed E-state index contributed by atoms with van der Waals surface area (Å²) in [7, 11) is 2.01. The molecule has 0 radical (unpaired) electrons. The van der Waals surface area contributed by atoms with Gasteiger partial charge in [-0.3, -0.25) is 24.0 Å². The molecule has 0 aliphatic carbocycles. The second kappa shape index (κ2) is 10.4. The lowest BCUT2D eigenvalue weighted by Crippen LogP contribution is -2.58. The lowest BCUT2D eigenvalue weighted by Gasteiger charge is -2.42. The summed E-state index contributed by atoms with van der Waals surface area (Å²) in [5.41, 5.74) is -1.85. The zero-order valence-corrected chi connectivity index (χ0v) is 22.8. The number of methoxy groups -OCH3 is 4. The van der Waals surface area contributed by atoms with Gasteiger partial charge in [0.15, 0.2) is 25.6 Å². The largest absolute Gasteiger partial charge is 0.469 e. The predicted octanol–water partition coefficient (Wildman–Crippen LogP) is 1.28. The fourth-order valence-electron chi connectivity index (χ4n) is 4.55. The molecule has 2 saturated heterocycles. The summed E-state index contributed by atoms with van der Waals surface area (Å²) in [6.45, 7) is 9.70. The molecule has 0 spiro atoms. The molecular weight excluding hydrogens is 480 g/mol. The first kappa shape index (κ1) is 28.9. The normalized spacial score (nSPS) is 28.5. The van der Waals surface area contributed by atoms with Gasteiger partial charge in [0.2, 0.25) is 0 Å². The SMILES string of the molecule is COC(=O)C(C(=O)OC)[C@H]1CC(=O)[C@@]2(CO[Si](C)(C)C(C)(C)C)O[C@@H]1[C@H](C(=O)OC)[C@H]2C(=O)OC. The summed E-state index contributed by atoms with van der Waals surface area (Å²) in [5, 5.41) is -0.217. The Balaban J connectivity index is 2.66. The Hall–Kier alpha value is -2.31.